The largest absolute Gasteiger partial charge is 0.494 e. The average molecular weight is 389 g/mol. The zero-order valence-corrected chi connectivity index (χ0v) is 15.7. The lowest BCUT2D eigenvalue weighted by molar-refractivity contribution is 0.102. The van der Waals surface area contributed by atoms with E-state index < -0.39 is 6.03 Å². The second-order valence-corrected chi connectivity index (χ2v) is 6.30. The van der Waals surface area contributed by atoms with Gasteiger partial charge in [0.25, 0.3) is 5.91 Å². The van der Waals surface area contributed by atoms with Crippen molar-refractivity contribution < 1.29 is 19.1 Å². The summed E-state index contributed by atoms with van der Waals surface area (Å²) in [5.74, 6) is 1.41. The van der Waals surface area contributed by atoms with Crippen molar-refractivity contribution in [2.75, 3.05) is 22.6 Å². The molecule has 0 aromatic heterocycles. The summed E-state index contributed by atoms with van der Waals surface area (Å²) in [6.07, 6.45) is 0. The van der Waals surface area contributed by atoms with Crippen LogP contribution in [0.2, 0.25) is 0 Å². The van der Waals surface area contributed by atoms with E-state index in [-0.39, 0.29) is 5.91 Å². The number of hydrogen-bond acceptors (Lipinski definition) is 4. The quantitative estimate of drug-likeness (QED) is 0.580. The molecular formula is C22H19N3O4. The van der Waals surface area contributed by atoms with Crippen LogP contribution in [0.3, 0.4) is 0 Å². The van der Waals surface area contributed by atoms with Crippen LogP contribution in [-0.4, -0.2) is 18.5 Å². The van der Waals surface area contributed by atoms with E-state index in [1.54, 1.807) is 54.6 Å². The van der Waals surface area contributed by atoms with Crippen molar-refractivity contribution in [3.63, 3.8) is 0 Å². The maximum atomic E-state index is 12.6. The van der Waals surface area contributed by atoms with Crippen LogP contribution in [0.1, 0.15) is 17.3 Å². The lowest BCUT2D eigenvalue weighted by Gasteiger charge is -2.11. The summed E-state index contributed by atoms with van der Waals surface area (Å²) in [5, 5.41) is 8.28. The first-order valence-corrected chi connectivity index (χ1v) is 9.15. The Morgan fingerprint density at radius 1 is 0.966 bits per heavy atom. The van der Waals surface area contributed by atoms with Crippen molar-refractivity contribution in [1.29, 1.82) is 0 Å². The molecular weight excluding hydrogens is 370 g/mol. The van der Waals surface area contributed by atoms with Crippen LogP contribution in [-0.2, 0) is 0 Å². The number of carbonyl (C=O) groups excluding carboxylic acids is 2. The summed E-state index contributed by atoms with van der Waals surface area (Å²) in [4.78, 5) is 24.9. The molecule has 0 saturated heterocycles. The molecule has 4 rings (SSSR count). The molecule has 0 radical (unpaired) electrons. The zero-order chi connectivity index (χ0) is 20.2. The fourth-order valence-electron chi connectivity index (χ4n) is 2.94. The van der Waals surface area contributed by atoms with Gasteiger partial charge in [-0.3, -0.25) is 4.79 Å². The summed E-state index contributed by atoms with van der Waals surface area (Å²) < 4.78 is 11.2. The Kier molecular flexibility index (Phi) is 5.03. The number of carbonyl (C=O) groups is 2. The molecule has 1 aliphatic rings. The molecule has 29 heavy (non-hydrogen) atoms. The highest BCUT2D eigenvalue weighted by Crippen LogP contribution is 2.36. The van der Waals surface area contributed by atoms with E-state index in [0.717, 1.165) is 5.75 Å². The number of nitrogens with one attached hydrogen (secondary N) is 3. The number of anilines is 3. The predicted molar refractivity (Wildman–Crippen MR) is 111 cm³/mol. The molecule has 0 aliphatic carbocycles. The maximum absolute atomic E-state index is 12.6. The smallest absolute Gasteiger partial charge is 0.323 e. The molecule has 3 aromatic rings. The van der Waals surface area contributed by atoms with Gasteiger partial charge in [-0.1, -0.05) is 12.1 Å². The molecule has 0 spiro atoms. The molecule has 146 valence electrons. The van der Waals surface area contributed by atoms with Crippen LogP contribution >= 0.6 is 0 Å². The number of hydrogen-bond donors (Lipinski definition) is 3. The summed E-state index contributed by atoms with van der Waals surface area (Å²) in [5.41, 5.74) is 2.02. The molecule has 3 amide bonds. The van der Waals surface area contributed by atoms with Crippen LogP contribution in [0.25, 0.3) is 0 Å². The summed E-state index contributed by atoms with van der Waals surface area (Å²) in [6.45, 7) is 2.48. The molecule has 1 aliphatic heterocycles. The van der Waals surface area contributed by atoms with Crippen molar-refractivity contribution >= 4 is 29.0 Å². The van der Waals surface area contributed by atoms with E-state index in [0.29, 0.717) is 40.7 Å². The van der Waals surface area contributed by atoms with E-state index in [1.807, 2.05) is 19.1 Å². The number of ether oxygens (including phenoxy) is 2. The van der Waals surface area contributed by atoms with Crippen LogP contribution in [0, 0.1) is 0 Å². The Morgan fingerprint density at radius 2 is 1.69 bits per heavy atom. The highest BCUT2D eigenvalue weighted by atomic mass is 16.5. The molecule has 0 saturated carbocycles. The minimum absolute atomic E-state index is 0.305. The van der Waals surface area contributed by atoms with Crippen LogP contribution in [0.15, 0.2) is 66.7 Å². The first-order valence-electron chi connectivity index (χ1n) is 9.15. The molecule has 1 heterocycles. The zero-order valence-electron chi connectivity index (χ0n) is 15.7. The Labute approximate surface area is 167 Å². The van der Waals surface area contributed by atoms with Crippen LogP contribution in [0.4, 0.5) is 21.9 Å². The molecule has 3 aromatic carbocycles. The maximum Gasteiger partial charge on any atom is 0.323 e. The van der Waals surface area contributed by atoms with E-state index >= 15 is 0 Å². The van der Waals surface area contributed by atoms with Gasteiger partial charge in [-0.15, -0.1) is 0 Å². The van der Waals surface area contributed by atoms with E-state index in [1.165, 1.54) is 0 Å². The average Bonchev–Trinajstić information content (AvgIpc) is 2.85. The number of para-hydroxylation sites is 2. The highest BCUT2D eigenvalue weighted by molar-refractivity contribution is 6.09. The van der Waals surface area contributed by atoms with Gasteiger partial charge in [-0.05, 0) is 61.5 Å². The number of rotatable bonds is 4. The number of benzene rings is 3. The second-order valence-electron chi connectivity index (χ2n) is 6.30. The Balaban J connectivity index is 1.47. The fourth-order valence-corrected chi connectivity index (χ4v) is 2.94. The lowest BCUT2D eigenvalue weighted by atomic mass is 10.1. The van der Waals surface area contributed by atoms with Gasteiger partial charge >= 0.3 is 6.03 Å². The van der Waals surface area contributed by atoms with E-state index in [2.05, 4.69) is 16.0 Å². The van der Waals surface area contributed by atoms with Crippen molar-refractivity contribution in [1.82, 2.24) is 0 Å². The van der Waals surface area contributed by atoms with Gasteiger partial charge in [-0.25, -0.2) is 4.79 Å². The van der Waals surface area contributed by atoms with Crippen LogP contribution < -0.4 is 25.4 Å². The van der Waals surface area contributed by atoms with Gasteiger partial charge in [0.05, 0.1) is 17.9 Å². The first-order chi connectivity index (χ1) is 14.1. The van der Waals surface area contributed by atoms with Gasteiger partial charge in [0.2, 0.25) is 0 Å². The third-order valence-electron chi connectivity index (χ3n) is 4.26. The molecule has 7 heteroatoms. The molecule has 0 bridgehead atoms. The minimum Gasteiger partial charge on any atom is -0.494 e. The SMILES string of the molecule is CCOc1ccc(NC(=O)Nc2ccc3c(c2)C(=O)Nc2ccccc2O3)cc1. The van der Waals surface area contributed by atoms with E-state index in [4.69, 9.17) is 9.47 Å². The number of fused-ring (bicyclic) bond motifs is 2. The predicted octanol–water partition coefficient (Wildman–Crippen LogP) is 5.09. The third-order valence-corrected chi connectivity index (χ3v) is 4.26. The van der Waals surface area contributed by atoms with Gasteiger partial charge in [0.1, 0.15) is 11.5 Å². The molecule has 0 atom stereocenters. The van der Waals surface area contributed by atoms with Gasteiger partial charge in [-0.2, -0.15) is 0 Å². The molecule has 3 N–H and O–H groups in total. The number of urea groups is 1. The number of amides is 3. The Morgan fingerprint density at radius 3 is 2.48 bits per heavy atom. The third kappa shape index (κ3) is 4.14. The fraction of sp³-hybridized carbons (Fsp3) is 0.0909. The van der Waals surface area contributed by atoms with Gasteiger partial charge in [0, 0.05) is 11.4 Å². The highest BCUT2D eigenvalue weighted by Gasteiger charge is 2.21. The van der Waals surface area contributed by atoms with Crippen LogP contribution in [0.5, 0.6) is 17.2 Å². The Bertz CT molecular complexity index is 1060. The van der Waals surface area contributed by atoms with Crippen molar-refractivity contribution in [3.8, 4) is 17.2 Å². The molecule has 0 unspecified atom stereocenters. The van der Waals surface area contributed by atoms with Crippen molar-refractivity contribution in [3.05, 3.63) is 72.3 Å². The topological polar surface area (TPSA) is 88.7 Å². The van der Waals surface area contributed by atoms with E-state index in [9.17, 15) is 9.59 Å². The first kappa shape index (κ1) is 18.4. The normalized spacial score (nSPS) is 11.8. The van der Waals surface area contributed by atoms with Crippen molar-refractivity contribution in [2.45, 2.75) is 6.92 Å². The summed E-state index contributed by atoms with van der Waals surface area (Å²) in [6, 6.07) is 18.7. The summed E-state index contributed by atoms with van der Waals surface area (Å²) in [7, 11) is 0. The standard InChI is InChI=1S/C22H19N3O4/c1-2-28-16-10-7-14(8-11-16)23-22(27)24-15-9-12-19-17(13-15)21(26)25-18-5-3-4-6-20(18)29-19/h3-13H,2H2,1H3,(H,25,26)(H2,23,24,27). The van der Waals surface area contributed by atoms with Crippen molar-refractivity contribution in [2.24, 2.45) is 0 Å². The van der Waals surface area contributed by atoms with Gasteiger partial charge < -0.3 is 25.4 Å². The monoisotopic (exact) mass is 389 g/mol. The summed E-state index contributed by atoms with van der Waals surface area (Å²) >= 11 is 0. The lowest BCUT2D eigenvalue weighted by Crippen LogP contribution is -2.20. The molecule has 0 fully saturated rings. The molecule has 7 nitrogen and oxygen atoms in total. The Hall–Kier alpha value is -4.00. The van der Waals surface area contributed by atoms with Gasteiger partial charge in [0.15, 0.2) is 5.75 Å². The minimum atomic E-state index is -0.424. The second kappa shape index (κ2) is 7.93.